The fourth-order valence-corrected chi connectivity index (χ4v) is 2.89. The SMILES string of the molecule is COc1ccc(OC)c(C(O)CSc2nnc3nc[nH]n23)c1. The molecule has 2 heterocycles. The van der Waals surface area contributed by atoms with E-state index in [-0.39, 0.29) is 0 Å². The van der Waals surface area contributed by atoms with Crippen LogP contribution in [0.2, 0.25) is 0 Å². The average Bonchev–Trinajstić information content (AvgIpc) is 3.15. The van der Waals surface area contributed by atoms with E-state index in [0.717, 1.165) is 0 Å². The maximum Gasteiger partial charge on any atom is 0.272 e. The molecule has 8 nitrogen and oxygen atoms in total. The zero-order valence-electron chi connectivity index (χ0n) is 12.1. The molecule has 9 heteroatoms. The van der Waals surface area contributed by atoms with Crippen LogP contribution in [0.3, 0.4) is 0 Å². The Morgan fingerprint density at radius 3 is 2.95 bits per heavy atom. The van der Waals surface area contributed by atoms with Gasteiger partial charge in [0, 0.05) is 11.3 Å². The minimum Gasteiger partial charge on any atom is -0.497 e. The smallest absolute Gasteiger partial charge is 0.272 e. The summed E-state index contributed by atoms with van der Waals surface area (Å²) < 4.78 is 12.1. The molecule has 2 N–H and O–H groups in total. The van der Waals surface area contributed by atoms with Gasteiger partial charge in [-0.25, -0.2) is 0 Å². The highest BCUT2D eigenvalue weighted by atomic mass is 32.2. The summed E-state index contributed by atoms with van der Waals surface area (Å²) >= 11 is 1.37. The van der Waals surface area contributed by atoms with Crippen LogP contribution >= 0.6 is 11.8 Å². The topological polar surface area (TPSA) is 97.6 Å². The molecule has 1 aromatic carbocycles. The third-order valence-electron chi connectivity index (χ3n) is 3.15. The summed E-state index contributed by atoms with van der Waals surface area (Å²) in [4.78, 5) is 4.00. The van der Waals surface area contributed by atoms with Gasteiger partial charge in [0.15, 0.2) is 0 Å². The maximum atomic E-state index is 10.4. The number of hydrogen-bond donors (Lipinski definition) is 2. The summed E-state index contributed by atoms with van der Waals surface area (Å²) in [5, 5.41) is 21.9. The molecule has 0 aliphatic rings. The molecule has 1 unspecified atom stereocenters. The molecule has 116 valence electrons. The van der Waals surface area contributed by atoms with E-state index in [1.807, 2.05) is 0 Å². The first-order valence-corrected chi connectivity index (χ1v) is 7.48. The molecule has 2 aromatic heterocycles. The van der Waals surface area contributed by atoms with E-state index in [9.17, 15) is 5.11 Å². The van der Waals surface area contributed by atoms with E-state index in [0.29, 0.717) is 33.7 Å². The number of aromatic nitrogens is 5. The number of nitrogens with zero attached hydrogens (tertiary/aromatic N) is 4. The molecule has 1 atom stereocenters. The Bertz CT molecular complexity index is 772. The van der Waals surface area contributed by atoms with Gasteiger partial charge in [-0.1, -0.05) is 11.8 Å². The lowest BCUT2D eigenvalue weighted by Gasteiger charge is -2.15. The molecule has 3 aromatic rings. The van der Waals surface area contributed by atoms with E-state index in [1.165, 1.54) is 18.1 Å². The number of aromatic amines is 1. The number of rotatable bonds is 6. The van der Waals surface area contributed by atoms with Crippen molar-refractivity contribution in [2.45, 2.75) is 11.3 Å². The average molecular weight is 321 g/mol. The fourth-order valence-electron chi connectivity index (χ4n) is 2.04. The summed E-state index contributed by atoms with van der Waals surface area (Å²) in [6.45, 7) is 0. The Morgan fingerprint density at radius 1 is 1.32 bits per heavy atom. The zero-order chi connectivity index (χ0) is 15.5. The summed E-state index contributed by atoms with van der Waals surface area (Å²) in [5.74, 6) is 2.17. The Morgan fingerprint density at radius 2 is 2.18 bits per heavy atom. The highest BCUT2D eigenvalue weighted by molar-refractivity contribution is 7.99. The second kappa shape index (κ2) is 6.24. The van der Waals surface area contributed by atoms with E-state index >= 15 is 0 Å². The summed E-state index contributed by atoms with van der Waals surface area (Å²) in [6, 6.07) is 5.32. The van der Waals surface area contributed by atoms with Gasteiger partial charge in [-0.05, 0) is 18.2 Å². The lowest BCUT2D eigenvalue weighted by atomic mass is 10.1. The third kappa shape index (κ3) is 2.72. The second-order valence-electron chi connectivity index (χ2n) is 4.44. The highest BCUT2D eigenvalue weighted by Crippen LogP contribution is 2.32. The number of H-pyrrole nitrogens is 1. The Kier molecular flexibility index (Phi) is 4.16. The quantitative estimate of drug-likeness (QED) is 0.660. The molecule has 0 fully saturated rings. The first-order chi connectivity index (χ1) is 10.7. The molecule has 22 heavy (non-hydrogen) atoms. The van der Waals surface area contributed by atoms with E-state index < -0.39 is 6.10 Å². The van der Waals surface area contributed by atoms with Gasteiger partial charge in [0.25, 0.3) is 5.78 Å². The maximum absolute atomic E-state index is 10.4. The van der Waals surface area contributed by atoms with Crippen molar-refractivity contribution in [3.05, 3.63) is 30.1 Å². The number of aliphatic hydroxyl groups is 1. The Hall–Kier alpha value is -2.26. The van der Waals surface area contributed by atoms with E-state index in [2.05, 4.69) is 20.3 Å². The van der Waals surface area contributed by atoms with Gasteiger partial charge in [-0.15, -0.1) is 10.2 Å². The van der Waals surface area contributed by atoms with Gasteiger partial charge in [0.05, 0.1) is 20.3 Å². The van der Waals surface area contributed by atoms with Crippen molar-refractivity contribution >= 4 is 17.5 Å². The number of ether oxygens (including phenoxy) is 2. The van der Waals surface area contributed by atoms with Crippen molar-refractivity contribution in [2.75, 3.05) is 20.0 Å². The predicted molar refractivity (Wildman–Crippen MR) is 80.4 cm³/mol. The summed E-state index contributed by atoms with van der Waals surface area (Å²) in [7, 11) is 3.15. The van der Waals surface area contributed by atoms with Crippen LogP contribution in [-0.4, -0.2) is 49.9 Å². The van der Waals surface area contributed by atoms with Crippen LogP contribution in [0.5, 0.6) is 11.5 Å². The molecule has 3 rings (SSSR count). The highest BCUT2D eigenvalue weighted by Gasteiger charge is 2.17. The van der Waals surface area contributed by atoms with Crippen LogP contribution in [-0.2, 0) is 0 Å². The van der Waals surface area contributed by atoms with Crippen molar-refractivity contribution in [1.82, 2.24) is 24.8 Å². The van der Waals surface area contributed by atoms with Crippen LogP contribution in [0, 0.1) is 0 Å². The first-order valence-electron chi connectivity index (χ1n) is 6.50. The minimum absolute atomic E-state index is 0.392. The molecule has 0 spiro atoms. The van der Waals surface area contributed by atoms with Gasteiger partial charge in [0.2, 0.25) is 5.16 Å². The first kappa shape index (κ1) is 14.7. The van der Waals surface area contributed by atoms with E-state index in [4.69, 9.17) is 9.47 Å². The van der Waals surface area contributed by atoms with Gasteiger partial charge < -0.3 is 14.6 Å². The van der Waals surface area contributed by atoms with Crippen LogP contribution in [0.25, 0.3) is 5.78 Å². The van der Waals surface area contributed by atoms with Crippen molar-refractivity contribution < 1.29 is 14.6 Å². The standard InChI is InChI=1S/C13H15N5O3S/c1-20-8-3-4-11(21-2)9(5-8)10(19)6-22-13-17-16-12-14-7-15-18(12)13/h3-5,7,10,19H,6H2,1-2H3,(H,14,15,16). The molecule has 0 aliphatic heterocycles. The summed E-state index contributed by atoms with van der Waals surface area (Å²) in [6.07, 6.45) is 0.806. The molecule has 0 amide bonds. The number of aliphatic hydroxyl groups excluding tert-OH is 1. The van der Waals surface area contributed by atoms with Crippen molar-refractivity contribution in [1.29, 1.82) is 0 Å². The molecule has 0 aliphatic carbocycles. The van der Waals surface area contributed by atoms with Crippen molar-refractivity contribution in [3.63, 3.8) is 0 Å². The number of methoxy groups -OCH3 is 2. The lowest BCUT2D eigenvalue weighted by Crippen LogP contribution is -2.04. The van der Waals surface area contributed by atoms with Crippen molar-refractivity contribution in [2.24, 2.45) is 0 Å². The number of benzene rings is 1. The monoisotopic (exact) mass is 321 g/mol. The predicted octanol–water partition coefficient (Wildman–Crippen LogP) is 1.30. The Labute approximate surface area is 130 Å². The fraction of sp³-hybridized carbons (Fsp3) is 0.308. The number of hydrogen-bond acceptors (Lipinski definition) is 7. The summed E-state index contributed by atoms with van der Waals surface area (Å²) in [5.41, 5.74) is 0.666. The number of thioether (sulfide) groups is 1. The van der Waals surface area contributed by atoms with Gasteiger partial charge >= 0.3 is 0 Å². The normalized spacial score (nSPS) is 12.5. The minimum atomic E-state index is -0.731. The second-order valence-corrected chi connectivity index (χ2v) is 5.43. The van der Waals surface area contributed by atoms with E-state index in [1.54, 1.807) is 36.9 Å². The molecule has 0 saturated carbocycles. The van der Waals surface area contributed by atoms with Crippen molar-refractivity contribution in [3.8, 4) is 11.5 Å². The van der Waals surface area contributed by atoms with Gasteiger partial charge in [-0.3, -0.25) is 5.10 Å². The lowest BCUT2D eigenvalue weighted by molar-refractivity contribution is 0.198. The largest absolute Gasteiger partial charge is 0.497 e. The molecular weight excluding hydrogens is 306 g/mol. The molecular formula is C13H15N5O3S. The molecule has 0 radical (unpaired) electrons. The van der Waals surface area contributed by atoms with Crippen LogP contribution in [0.1, 0.15) is 11.7 Å². The van der Waals surface area contributed by atoms with Gasteiger partial charge in [0.1, 0.15) is 17.8 Å². The van der Waals surface area contributed by atoms with Gasteiger partial charge in [-0.2, -0.15) is 9.50 Å². The third-order valence-corrected chi connectivity index (χ3v) is 4.15. The zero-order valence-corrected chi connectivity index (χ0v) is 12.9. The number of fused-ring (bicyclic) bond motifs is 1. The van der Waals surface area contributed by atoms with Crippen LogP contribution in [0.15, 0.2) is 29.7 Å². The van der Waals surface area contributed by atoms with Crippen LogP contribution < -0.4 is 9.47 Å². The molecule has 0 saturated heterocycles. The van der Waals surface area contributed by atoms with Crippen LogP contribution in [0.4, 0.5) is 0 Å². The Balaban J connectivity index is 1.76. The molecule has 0 bridgehead atoms. The number of nitrogens with one attached hydrogen (secondary N) is 1.